The maximum absolute atomic E-state index is 12.8. The average molecular weight is 266 g/mol. The highest BCUT2D eigenvalue weighted by Crippen LogP contribution is 2.37. The Morgan fingerprint density at radius 1 is 1.16 bits per heavy atom. The van der Waals surface area contributed by atoms with Crippen molar-refractivity contribution in [3.63, 3.8) is 0 Å². The van der Waals surface area contributed by atoms with Gasteiger partial charge < -0.3 is 9.80 Å². The van der Waals surface area contributed by atoms with Crippen LogP contribution in [0.5, 0.6) is 0 Å². The summed E-state index contributed by atoms with van der Waals surface area (Å²) in [5.41, 5.74) is 0. The molecule has 1 amide bonds. The van der Waals surface area contributed by atoms with Gasteiger partial charge in [-0.1, -0.05) is 33.1 Å². The Hall–Kier alpha value is -0.570. The van der Waals surface area contributed by atoms with Gasteiger partial charge in [-0.25, -0.2) is 0 Å². The van der Waals surface area contributed by atoms with Gasteiger partial charge in [-0.3, -0.25) is 4.79 Å². The van der Waals surface area contributed by atoms with E-state index in [-0.39, 0.29) is 0 Å². The van der Waals surface area contributed by atoms with E-state index in [9.17, 15) is 4.79 Å². The Morgan fingerprint density at radius 2 is 1.79 bits per heavy atom. The lowest BCUT2D eigenvalue weighted by Crippen LogP contribution is -2.50. The minimum Gasteiger partial charge on any atom is -0.340 e. The number of hydrogen-bond acceptors (Lipinski definition) is 2. The quantitative estimate of drug-likeness (QED) is 0.784. The molecule has 0 aromatic heterocycles. The average Bonchev–Trinajstić information content (AvgIpc) is 2.46. The summed E-state index contributed by atoms with van der Waals surface area (Å²) in [5, 5.41) is 0. The second-order valence-corrected chi connectivity index (χ2v) is 6.57. The molecule has 2 rings (SSSR count). The standard InChI is InChI=1S/C16H30N2O/c1-4-13(2)14-7-5-6-8-15(14)16(19)18-11-9-17(3)10-12-18/h13-15H,4-12H2,1-3H3. The fourth-order valence-corrected chi connectivity index (χ4v) is 3.71. The van der Waals surface area contributed by atoms with E-state index < -0.39 is 0 Å². The number of carbonyl (C=O) groups is 1. The third-order valence-corrected chi connectivity index (χ3v) is 5.33. The van der Waals surface area contributed by atoms with Crippen LogP contribution >= 0.6 is 0 Å². The monoisotopic (exact) mass is 266 g/mol. The van der Waals surface area contributed by atoms with Crippen LogP contribution in [-0.4, -0.2) is 48.9 Å². The molecule has 0 bridgehead atoms. The third kappa shape index (κ3) is 3.50. The van der Waals surface area contributed by atoms with E-state index in [2.05, 4.69) is 30.7 Å². The number of amides is 1. The normalized spacial score (nSPS) is 31.2. The molecular weight excluding hydrogens is 236 g/mol. The van der Waals surface area contributed by atoms with Gasteiger partial charge in [-0.2, -0.15) is 0 Å². The maximum atomic E-state index is 12.8. The van der Waals surface area contributed by atoms with Crippen molar-refractivity contribution < 1.29 is 4.79 Å². The van der Waals surface area contributed by atoms with E-state index in [4.69, 9.17) is 0 Å². The molecule has 1 saturated carbocycles. The number of rotatable bonds is 3. The van der Waals surface area contributed by atoms with E-state index in [0.29, 0.717) is 23.7 Å². The molecule has 2 aliphatic rings. The number of hydrogen-bond donors (Lipinski definition) is 0. The Balaban J connectivity index is 1.99. The van der Waals surface area contributed by atoms with E-state index in [1.807, 2.05) is 0 Å². The summed E-state index contributed by atoms with van der Waals surface area (Å²) in [4.78, 5) is 17.2. The van der Waals surface area contributed by atoms with Crippen LogP contribution < -0.4 is 0 Å². The van der Waals surface area contributed by atoms with Gasteiger partial charge >= 0.3 is 0 Å². The lowest BCUT2D eigenvalue weighted by Gasteiger charge is -2.40. The van der Waals surface area contributed by atoms with E-state index in [1.54, 1.807) is 0 Å². The second kappa shape index (κ2) is 6.74. The lowest BCUT2D eigenvalue weighted by molar-refractivity contribution is -0.141. The SMILES string of the molecule is CCC(C)C1CCCCC1C(=O)N1CCN(C)CC1. The van der Waals surface area contributed by atoms with Gasteiger partial charge in [0, 0.05) is 32.1 Å². The maximum Gasteiger partial charge on any atom is 0.226 e. The summed E-state index contributed by atoms with van der Waals surface area (Å²) < 4.78 is 0. The van der Waals surface area contributed by atoms with Crippen molar-refractivity contribution in [1.82, 2.24) is 9.80 Å². The van der Waals surface area contributed by atoms with Crippen LogP contribution in [0.25, 0.3) is 0 Å². The van der Waals surface area contributed by atoms with Gasteiger partial charge in [0.2, 0.25) is 5.91 Å². The van der Waals surface area contributed by atoms with Crippen LogP contribution in [0.1, 0.15) is 46.0 Å². The van der Waals surface area contributed by atoms with Gasteiger partial charge in [0.05, 0.1) is 0 Å². The van der Waals surface area contributed by atoms with Crippen molar-refractivity contribution >= 4 is 5.91 Å². The zero-order valence-corrected chi connectivity index (χ0v) is 12.9. The molecule has 0 aromatic rings. The van der Waals surface area contributed by atoms with Gasteiger partial charge in [0.1, 0.15) is 0 Å². The minimum absolute atomic E-state index is 0.312. The molecule has 110 valence electrons. The smallest absolute Gasteiger partial charge is 0.226 e. The molecule has 2 fully saturated rings. The Labute approximate surface area is 118 Å². The molecule has 1 saturated heterocycles. The summed E-state index contributed by atoms with van der Waals surface area (Å²) in [6.45, 7) is 8.52. The molecule has 0 aromatic carbocycles. The highest BCUT2D eigenvalue weighted by molar-refractivity contribution is 5.79. The first-order valence-corrected chi connectivity index (χ1v) is 8.10. The molecule has 1 aliphatic carbocycles. The van der Waals surface area contributed by atoms with Gasteiger partial charge in [0.15, 0.2) is 0 Å². The topological polar surface area (TPSA) is 23.6 Å². The fourth-order valence-electron chi connectivity index (χ4n) is 3.71. The molecule has 1 heterocycles. The molecule has 0 radical (unpaired) electrons. The summed E-state index contributed by atoms with van der Waals surface area (Å²) in [7, 11) is 2.14. The summed E-state index contributed by atoms with van der Waals surface area (Å²) in [5.74, 6) is 2.10. The summed E-state index contributed by atoms with van der Waals surface area (Å²) >= 11 is 0. The van der Waals surface area contributed by atoms with Crippen molar-refractivity contribution in [3.05, 3.63) is 0 Å². The second-order valence-electron chi connectivity index (χ2n) is 6.57. The molecule has 0 N–H and O–H groups in total. The highest BCUT2D eigenvalue weighted by Gasteiger charge is 2.36. The Kier molecular flexibility index (Phi) is 5.26. The molecule has 0 spiro atoms. The van der Waals surface area contributed by atoms with Crippen LogP contribution in [0.15, 0.2) is 0 Å². The van der Waals surface area contributed by atoms with Crippen molar-refractivity contribution in [2.75, 3.05) is 33.2 Å². The van der Waals surface area contributed by atoms with Crippen molar-refractivity contribution in [2.24, 2.45) is 17.8 Å². The van der Waals surface area contributed by atoms with Crippen LogP contribution in [-0.2, 0) is 4.79 Å². The molecule has 19 heavy (non-hydrogen) atoms. The molecule has 3 atom stereocenters. The van der Waals surface area contributed by atoms with E-state index >= 15 is 0 Å². The predicted octanol–water partition coefficient (Wildman–Crippen LogP) is 2.61. The first-order valence-electron chi connectivity index (χ1n) is 8.10. The largest absolute Gasteiger partial charge is 0.340 e. The van der Waals surface area contributed by atoms with Gasteiger partial charge in [-0.15, -0.1) is 0 Å². The summed E-state index contributed by atoms with van der Waals surface area (Å²) in [6.07, 6.45) is 6.16. The van der Waals surface area contributed by atoms with Crippen LogP contribution in [0.3, 0.4) is 0 Å². The van der Waals surface area contributed by atoms with E-state index in [0.717, 1.165) is 32.6 Å². The summed E-state index contributed by atoms with van der Waals surface area (Å²) in [6, 6.07) is 0. The van der Waals surface area contributed by atoms with Gasteiger partial charge in [0.25, 0.3) is 0 Å². The number of carbonyl (C=O) groups excluding carboxylic acids is 1. The van der Waals surface area contributed by atoms with Crippen molar-refractivity contribution in [1.29, 1.82) is 0 Å². The van der Waals surface area contributed by atoms with Crippen molar-refractivity contribution in [3.8, 4) is 0 Å². The molecular formula is C16H30N2O. The highest BCUT2D eigenvalue weighted by atomic mass is 16.2. The van der Waals surface area contributed by atoms with E-state index in [1.165, 1.54) is 25.7 Å². The Bertz CT molecular complexity index is 297. The van der Waals surface area contributed by atoms with Crippen molar-refractivity contribution in [2.45, 2.75) is 46.0 Å². The number of piperazine rings is 1. The van der Waals surface area contributed by atoms with Crippen LogP contribution in [0.4, 0.5) is 0 Å². The predicted molar refractivity (Wildman–Crippen MR) is 79.0 cm³/mol. The number of nitrogens with zero attached hydrogens (tertiary/aromatic N) is 2. The van der Waals surface area contributed by atoms with Gasteiger partial charge in [-0.05, 0) is 31.7 Å². The molecule has 1 aliphatic heterocycles. The van der Waals surface area contributed by atoms with Crippen LogP contribution in [0.2, 0.25) is 0 Å². The molecule has 3 unspecified atom stereocenters. The first kappa shape index (κ1) is 14.8. The third-order valence-electron chi connectivity index (χ3n) is 5.33. The fraction of sp³-hybridized carbons (Fsp3) is 0.938. The lowest BCUT2D eigenvalue weighted by atomic mass is 9.71. The Morgan fingerprint density at radius 3 is 2.42 bits per heavy atom. The number of likely N-dealkylation sites (N-methyl/N-ethyl adjacent to an activating group) is 1. The zero-order chi connectivity index (χ0) is 13.8. The van der Waals surface area contributed by atoms with Crippen LogP contribution in [0, 0.1) is 17.8 Å². The zero-order valence-electron chi connectivity index (χ0n) is 12.9. The minimum atomic E-state index is 0.312. The molecule has 3 heteroatoms. The first-order chi connectivity index (χ1) is 9.13. The molecule has 3 nitrogen and oxygen atoms in total.